The van der Waals surface area contributed by atoms with Gasteiger partial charge in [0.15, 0.2) is 0 Å². The first kappa shape index (κ1) is 11.3. The molecule has 1 atom stereocenters. The van der Waals surface area contributed by atoms with E-state index in [-0.39, 0.29) is 12.4 Å². The Morgan fingerprint density at radius 1 is 1.57 bits per heavy atom. The first-order valence-corrected chi connectivity index (χ1v) is 4.61. The second-order valence-electron chi connectivity index (χ2n) is 3.32. The number of nitrogens with zero attached hydrogens (tertiary/aromatic N) is 1. The fourth-order valence-electron chi connectivity index (χ4n) is 1.73. The van der Waals surface area contributed by atoms with Crippen LogP contribution < -0.4 is 10.1 Å². The summed E-state index contributed by atoms with van der Waals surface area (Å²) < 4.78 is 5.08. The summed E-state index contributed by atoms with van der Waals surface area (Å²) in [5.74, 6) is 1.35. The molecule has 4 heteroatoms. The van der Waals surface area contributed by atoms with Crippen molar-refractivity contribution in [2.24, 2.45) is 0 Å². The summed E-state index contributed by atoms with van der Waals surface area (Å²) in [6, 6.07) is 4.10. The third kappa shape index (κ3) is 2.36. The third-order valence-electron chi connectivity index (χ3n) is 2.50. The number of rotatable bonds is 2. The molecule has 1 aliphatic heterocycles. The molecule has 0 bridgehead atoms. The van der Waals surface area contributed by atoms with E-state index in [0.29, 0.717) is 11.8 Å². The fraction of sp³-hybridized carbons (Fsp3) is 0.500. The molecule has 3 nitrogen and oxygen atoms in total. The molecule has 2 heterocycles. The van der Waals surface area contributed by atoms with Gasteiger partial charge in [0, 0.05) is 18.8 Å². The summed E-state index contributed by atoms with van der Waals surface area (Å²) >= 11 is 0. The molecule has 1 aromatic rings. The zero-order valence-corrected chi connectivity index (χ0v) is 9.01. The standard InChI is InChI=1S/C10H14N2O.ClH/c1-13-10-6-8(3-5-12-10)9-2-4-11-7-9;/h3,5-6,9,11H,2,4,7H2,1H3;1H. The lowest BCUT2D eigenvalue weighted by Gasteiger charge is -2.08. The molecule has 14 heavy (non-hydrogen) atoms. The van der Waals surface area contributed by atoms with Gasteiger partial charge in [-0.3, -0.25) is 0 Å². The minimum atomic E-state index is 0. The van der Waals surface area contributed by atoms with Crippen LogP contribution >= 0.6 is 12.4 Å². The molecule has 1 unspecified atom stereocenters. The average molecular weight is 215 g/mol. The highest BCUT2D eigenvalue weighted by Crippen LogP contribution is 2.23. The molecule has 0 radical (unpaired) electrons. The van der Waals surface area contributed by atoms with Crippen LogP contribution in [0.25, 0.3) is 0 Å². The molecule has 0 spiro atoms. The van der Waals surface area contributed by atoms with Crippen LogP contribution in [0, 0.1) is 0 Å². The molecule has 2 rings (SSSR count). The summed E-state index contributed by atoms with van der Waals surface area (Å²) in [4.78, 5) is 4.09. The minimum Gasteiger partial charge on any atom is -0.481 e. The normalized spacial score (nSPS) is 20.2. The maximum atomic E-state index is 5.08. The van der Waals surface area contributed by atoms with Crippen LogP contribution in [0.2, 0.25) is 0 Å². The van der Waals surface area contributed by atoms with Gasteiger partial charge in [0.25, 0.3) is 0 Å². The summed E-state index contributed by atoms with van der Waals surface area (Å²) in [5.41, 5.74) is 1.33. The molecule has 1 saturated heterocycles. The first-order chi connectivity index (χ1) is 6.40. The maximum absolute atomic E-state index is 5.08. The van der Waals surface area contributed by atoms with Gasteiger partial charge in [-0.2, -0.15) is 0 Å². The number of hydrogen-bond donors (Lipinski definition) is 1. The van der Waals surface area contributed by atoms with Crippen molar-refractivity contribution in [2.45, 2.75) is 12.3 Å². The molecular formula is C10H15ClN2O. The number of halogens is 1. The molecular weight excluding hydrogens is 200 g/mol. The number of pyridine rings is 1. The van der Waals surface area contributed by atoms with Gasteiger partial charge in [0.1, 0.15) is 0 Å². The molecule has 0 saturated carbocycles. The van der Waals surface area contributed by atoms with E-state index in [1.807, 2.05) is 12.3 Å². The van der Waals surface area contributed by atoms with Gasteiger partial charge in [-0.15, -0.1) is 12.4 Å². The van der Waals surface area contributed by atoms with E-state index in [0.717, 1.165) is 13.1 Å². The van der Waals surface area contributed by atoms with Crippen molar-refractivity contribution in [2.75, 3.05) is 20.2 Å². The Kier molecular flexibility index (Phi) is 4.17. The summed E-state index contributed by atoms with van der Waals surface area (Å²) in [5, 5.41) is 3.35. The van der Waals surface area contributed by atoms with Crippen LogP contribution in [0.5, 0.6) is 5.88 Å². The predicted octanol–water partition coefficient (Wildman–Crippen LogP) is 1.59. The Labute approximate surface area is 90.3 Å². The molecule has 1 fully saturated rings. The van der Waals surface area contributed by atoms with Crippen LogP contribution in [0.3, 0.4) is 0 Å². The molecule has 0 amide bonds. The summed E-state index contributed by atoms with van der Waals surface area (Å²) in [7, 11) is 1.65. The van der Waals surface area contributed by atoms with Crippen molar-refractivity contribution < 1.29 is 4.74 Å². The Morgan fingerprint density at radius 3 is 3.07 bits per heavy atom. The van der Waals surface area contributed by atoms with Crippen molar-refractivity contribution in [3.63, 3.8) is 0 Å². The molecule has 1 aromatic heterocycles. The number of ether oxygens (including phenoxy) is 1. The van der Waals surface area contributed by atoms with Crippen LogP contribution in [0.1, 0.15) is 17.9 Å². The summed E-state index contributed by atoms with van der Waals surface area (Å²) in [6.07, 6.45) is 3.03. The van der Waals surface area contributed by atoms with Gasteiger partial charge >= 0.3 is 0 Å². The zero-order valence-electron chi connectivity index (χ0n) is 8.19. The van der Waals surface area contributed by atoms with Crippen molar-refractivity contribution in [3.8, 4) is 5.88 Å². The number of hydrogen-bond acceptors (Lipinski definition) is 3. The molecule has 1 aliphatic rings. The van der Waals surface area contributed by atoms with E-state index in [4.69, 9.17) is 4.74 Å². The molecule has 78 valence electrons. The molecule has 1 N–H and O–H groups in total. The van der Waals surface area contributed by atoms with E-state index in [1.54, 1.807) is 7.11 Å². The van der Waals surface area contributed by atoms with Crippen molar-refractivity contribution in [3.05, 3.63) is 23.9 Å². The van der Waals surface area contributed by atoms with E-state index < -0.39 is 0 Å². The third-order valence-corrected chi connectivity index (χ3v) is 2.50. The monoisotopic (exact) mass is 214 g/mol. The second-order valence-corrected chi connectivity index (χ2v) is 3.32. The van der Waals surface area contributed by atoms with E-state index in [9.17, 15) is 0 Å². The highest BCUT2D eigenvalue weighted by molar-refractivity contribution is 5.85. The molecule has 0 aliphatic carbocycles. The van der Waals surface area contributed by atoms with Gasteiger partial charge in [-0.25, -0.2) is 4.98 Å². The summed E-state index contributed by atoms with van der Waals surface area (Å²) in [6.45, 7) is 2.20. The highest BCUT2D eigenvalue weighted by atomic mass is 35.5. The SMILES string of the molecule is COc1cc(C2CCNC2)ccn1.Cl. The maximum Gasteiger partial charge on any atom is 0.213 e. The van der Waals surface area contributed by atoms with Crippen LogP contribution in [-0.4, -0.2) is 25.2 Å². The van der Waals surface area contributed by atoms with Crippen molar-refractivity contribution >= 4 is 12.4 Å². The number of nitrogens with one attached hydrogen (secondary N) is 1. The van der Waals surface area contributed by atoms with Gasteiger partial charge in [0.05, 0.1) is 7.11 Å². The topological polar surface area (TPSA) is 34.1 Å². The average Bonchev–Trinajstić information content (AvgIpc) is 2.71. The van der Waals surface area contributed by atoms with E-state index in [2.05, 4.69) is 16.4 Å². The second kappa shape index (κ2) is 5.17. The van der Waals surface area contributed by atoms with Crippen molar-refractivity contribution in [1.82, 2.24) is 10.3 Å². The Bertz CT molecular complexity index is 287. The van der Waals surface area contributed by atoms with Crippen LogP contribution in [0.15, 0.2) is 18.3 Å². The van der Waals surface area contributed by atoms with Gasteiger partial charge in [-0.1, -0.05) is 0 Å². The van der Waals surface area contributed by atoms with Gasteiger partial charge in [0.2, 0.25) is 5.88 Å². The number of methoxy groups -OCH3 is 1. The number of aromatic nitrogens is 1. The lowest BCUT2D eigenvalue weighted by Crippen LogP contribution is -2.08. The predicted molar refractivity (Wildman–Crippen MR) is 58.3 cm³/mol. The largest absolute Gasteiger partial charge is 0.481 e. The Hall–Kier alpha value is -0.800. The van der Waals surface area contributed by atoms with Crippen LogP contribution in [0.4, 0.5) is 0 Å². The first-order valence-electron chi connectivity index (χ1n) is 4.61. The van der Waals surface area contributed by atoms with Crippen LogP contribution in [-0.2, 0) is 0 Å². The van der Waals surface area contributed by atoms with E-state index >= 15 is 0 Å². The minimum absolute atomic E-state index is 0. The smallest absolute Gasteiger partial charge is 0.213 e. The lowest BCUT2D eigenvalue weighted by molar-refractivity contribution is 0.397. The lowest BCUT2D eigenvalue weighted by atomic mass is 10.00. The molecule has 0 aromatic carbocycles. The highest BCUT2D eigenvalue weighted by Gasteiger charge is 2.16. The van der Waals surface area contributed by atoms with Crippen molar-refractivity contribution in [1.29, 1.82) is 0 Å². The van der Waals surface area contributed by atoms with E-state index in [1.165, 1.54) is 12.0 Å². The quantitative estimate of drug-likeness (QED) is 0.812. The fourth-order valence-corrected chi connectivity index (χ4v) is 1.73. The zero-order chi connectivity index (χ0) is 9.10. The van der Waals surface area contributed by atoms with Gasteiger partial charge in [-0.05, 0) is 30.5 Å². The Balaban J connectivity index is 0.000000980. The Morgan fingerprint density at radius 2 is 2.43 bits per heavy atom. The van der Waals surface area contributed by atoms with Gasteiger partial charge < -0.3 is 10.1 Å².